The van der Waals surface area contributed by atoms with Gasteiger partial charge in [0, 0.05) is 24.7 Å². The van der Waals surface area contributed by atoms with Crippen molar-refractivity contribution in [1.82, 2.24) is 10.6 Å². The minimum Gasteiger partial charge on any atom is -0.315 e. The Hall–Kier alpha value is -1.00. The van der Waals surface area contributed by atoms with E-state index < -0.39 is 11.6 Å². The van der Waals surface area contributed by atoms with Crippen LogP contribution in [0.2, 0.25) is 0 Å². The predicted octanol–water partition coefficient (Wildman–Crippen LogP) is 3.00. The Kier molecular flexibility index (Phi) is 6.38. The predicted molar refractivity (Wildman–Crippen MR) is 75.1 cm³/mol. The maximum absolute atomic E-state index is 13.8. The first-order chi connectivity index (χ1) is 8.91. The molecule has 1 unspecified atom stereocenters. The molecule has 2 N–H and O–H groups in total. The van der Waals surface area contributed by atoms with Crippen molar-refractivity contribution in [1.29, 1.82) is 0 Å². The number of hydrogen-bond acceptors (Lipinski definition) is 2. The zero-order valence-electron chi connectivity index (χ0n) is 12.2. The highest BCUT2D eigenvalue weighted by molar-refractivity contribution is 5.26. The van der Waals surface area contributed by atoms with Crippen LogP contribution in [0.25, 0.3) is 0 Å². The van der Waals surface area contributed by atoms with Crippen molar-refractivity contribution in [3.63, 3.8) is 0 Å². The van der Waals surface area contributed by atoms with Crippen LogP contribution in [0.4, 0.5) is 8.78 Å². The van der Waals surface area contributed by atoms with Gasteiger partial charge in [-0.15, -0.1) is 0 Å². The SMILES string of the molecule is Cc1ccc(F)c(CNC(C)CNCC(C)C)c1F. The Morgan fingerprint density at radius 2 is 1.79 bits per heavy atom. The quantitative estimate of drug-likeness (QED) is 0.796. The van der Waals surface area contributed by atoms with Crippen LogP contribution in [0.5, 0.6) is 0 Å². The van der Waals surface area contributed by atoms with Crippen LogP contribution in [0, 0.1) is 24.5 Å². The van der Waals surface area contributed by atoms with E-state index in [1.807, 2.05) is 6.92 Å². The molecule has 0 aromatic heterocycles. The second-order valence-corrected chi connectivity index (χ2v) is 5.49. The van der Waals surface area contributed by atoms with E-state index in [2.05, 4.69) is 24.5 Å². The lowest BCUT2D eigenvalue weighted by Crippen LogP contribution is -2.37. The molecular weight excluding hydrogens is 246 g/mol. The molecule has 0 heterocycles. The van der Waals surface area contributed by atoms with Crippen LogP contribution in [-0.2, 0) is 6.54 Å². The van der Waals surface area contributed by atoms with Crippen molar-refractivity contribution < 1.29 is 8.78 Å². The van der Waals surface area contributed by atoms with E-state index in [0.717, 1.165) is 13.1 Å². The molecule has 19 heavy (non-hydrogen) atoms. The van der Waals surface area contributed by atoms with E-state index in [1.165, 1.54) is 12.1 Å². The third-order valence-electron chi connectivity index (χ3n) is 3.01. The molecule has 1 aromatic rings. The summed E-state index contributed by atoms with van der Waals surface area (Å²) < 4.78 is 27.3. The summed E-state index contributed by atoms with van der Waals surface area (Å²) in [6.07, 6.45) is 0. The summed E-state index contributed by atoms with van der Waals surface area (Å²) in [5.41, 5.74) is 0.597. The van der Waals surface area contributed by atoms with Gasteiger partial charge in [0.05, 0.1) is 0 Å². The van der Waals surface area contributed by atoms with Crippen LogP contribution in [0.1, 0.15) is 31.9 Å². The summed E-state index contributed by atoms with van der Waals surface area (Å²) in [6, 6.07) is 2.94. The number of nitrogens with one attached hydrogen (secondary N) is 2. The van der Waals surface area contributed by atoms with Gasteiger partial charge in [-0.1, -0.05) is 19.9 Å². The fourth-order valence-corrected chi connectivity index (χ4v) is 1.81. The summed E-state index contributed by atoms with van der Waals surface area (Å²) in [7, 11) is 0. The molecule has 2 nitrogen and oxygen atoms in total. The van der Waals surface area contributed by atoms with Gasteiger partial charge >= 0.3 is 0 Å². The fraction of sp³-hybridized carbons (Fsp3) is 0.600. The maximum atomic E-state index is 13.8. The van der Waals surface area contributed by atoms with Gasteiger partial charge in [0.1, 0.15) is 11.6 Å². The highest BCUT2D eigenvalue weighted by Crippen LogP contribution is 2.16. The Morgan fingerprint density at radius 1 is 1.11 bits per heavy atom. The molecule has 1 atom stereocenters. The van der Waals surface area contributed by atoms with Gasteiger partial charge in [0.25, 0.3) is 0 Å². The third-order valence-corrected chi connectivity index (χ3v) is 3.01. The number of aryl methyl sites for hydroxylation is 1. The standard InChI is InChI=1S/C15H24F2N2/c1-10(2)7-18-8-12(4)19-9-13-14(16)6-5-11(3)15(13)17/h5-6,10,12,18-19H,7-9H2,1-4H3. The minimum absolute atomic E-state index is 0.121. The highest BCUT2D eigenvalue weighted by Gasteiger charge is 2.12. The molecule has 0 bridgehead atoms. The molecule has 0 spiro atoms. The van der Waals surface area contributed by atoms with E-state index in [9.17, 15) is 8.78 Å². The van der Waals surface area contributed by atoms with E-state index in [1.54, 1.807) is 6.92 Å². The number of hydrogen-bond donors (Lipinski definition) is 2. The second kappa shape index (κ2) is 7.56. The Bertz CT molecular complexity index is 405. The topological polar surface area (TPSA) is 24.1 Å². The van der Waals surface area contributed by atoms with Gasteiger partial charge < -0.3 is 10.6 Å². The average Bonchev–Trinajstić information content (AvgIpc) is 2.33. The Labute approximate surface area is 114 Å². The molecule has 0 saturated carbocycles. The van der Waals surface area contributed by atoms with Crippen molar-refractivity contribution in [3.05, 3.63) is 34.9 Å². The number of rotatable bonds is 7. The fourth-order valence-electron chi connectivity index (χ4n) is 1.81. The monoisotopic (exact) mass is 270 g/mol. The highest BCUT2D eigenvalue weighted by atomic mass is 19.1. The zero-order chi connectivity index (χ0) is 14.4. The van der Waals surface area contributed by atoms with Crippen molar-refractivity contribution >= 4 is 0 Å². The molecule has 4 heteroatoms. The van der Waals surface area contributed by atoms with Crippen LogP contribution >= 0.6 is 0 Å². The van der Waals surface area contributed by atoms with Gasteiger partial charge in [-0.25, -0.2) is 8.78 Å². The molecule has 0 radical (unpaired) electrons. The summed E-state index contributed by atoms with van der Waals surface area (Å²) >= 11 is 0. The van der Waals surface area contributed by atoms with Gasteiger partial charge in [0.15, 0.2) is 0 Å². The first kappa shape index (κ1) is 16.1. The van der Waals surface area contributed by atoms with Crippen molar-refractivity contribution in [2.45, 2.75) is 40.3 Å². The lowest BCUT2D eigenvalue weighted by Gasteiger charge is -2.16. The minimum atomic E-state index is -0.488. The average molecular weight is 270 g/mol. The number of benzene rings is 1. The second-order valence-electron chi connectivity index (χ2n) is 5.49. The molecule has 0 amide bonds. The zero-order valence-corrected chi connectivity index (χ0v) is 12.2. The van der Waals surface area contributed by atoms with Crippen molar-refractivity contribution in [2.75, 3.05) is 13.1 Å². The molecule has 0 fully saturated rings. The smallest absolute Gasteiger partial charge is 0.133 e. The van der Waals surface area contributed by atoms with Crippen molar-refractivity contribution in [3.8, 4) is 0 Å². The van der Waals surface area contributed by atoms with E-state index in [-0.39, 0.29) is 18.2 Å². The maximum Gasteiger partial charge on any atom is 0.133 e. The largest absolute Gasteiger partial charge is 0.315 e. The lowest BCUT2D eigenvalue weighted by molar-refractivity contribution is 0.457. The summed E-state index contributed by atoms with van der Waals surface area (Å²) in [4.78, 5) is 0. The van der Waals surface area contributed by atoms with Crippen LogP contribution < -0.4 is 10.6 Å². The van der Waals surface area contributed by atoms with Gasteiger partial charge in [0.2, 0.25) is 0 Å². The Balaban J connectivity index is 2.46. The number of halogens is 2. The molecule has 0 aliphatic rings. The van der Waals surface area contributed by atoms with Crippen LogP contribution in [0.15, 0.2) is 12.1 Å². The Morgan fingerprint density at radius 3 is 2.42 bits per heavy atom. The molecule has 0 aliphatic carbocycles. The van der Waals surface area contributed by atoms with Crippen molar-refractivity contribution in [2.24, 2.45) is 5.92 Å². The summed E-state index contributed by atoms with van der Waals surface area (Å²) in [6.45, 7) is 9.87. The summed E-state index contributed by atoms with van der Waals surface area (Å²) in [5, 5.41) is 6.45. The molecular formula is C15H24F2N2. The van der Waals surface area contributed by atoms with Gasteiger partial charge in [-0.2, -0.15) is 0 Å². The lowest BCUT2D eigenvalue weighted by atomic mass is 10.1. The van der Waals surface area contributed by atoms with Gasteiger partial charge in [-0.3, -0.25) is 0 Å². The van der Waals surface area contributed by atoms with Crippen LogP contribution in [0.3, 0.4) is 0 Å². The molecule has 1 rings (SSSR count). The summed E-state index contributed by atoms with van der Waals surface area (Å²) in [5.74, 6) is -0.341. The molecule has 1 aromatic carbocycles. The first-order valence-corrected chi connectivity index (χ1v) is 6.79. The van der Waals surface area contributed by atoms with Crippen LogP contribution in [-0.4, -0.2) is 19.1 Å². The van der Waals surface area contributed by atoms with E-state index in [0.29, 0.717) is 11.5 Å². The molecule has 0 aliphatic heterocycles. The normalized spacial score (nSPS) is 13.0. The third kappa shape index (κ3) is 5.25. The van der Waals surface area contributed by atoms with E-state index in [4.69, 9.17) is 0 Å². The molecule has 0 saturated heterocycles. The molecule has 108 valence electrons. The van der Waals surface area contributed by atoms with E-state index >= 15 is 0 Å². The van der Waals surface area contributed by atoms with Gasteiger partial charge in [-0.05, 0) is 37.9 Å². The first-order valence-electron chi connectivity index (χ1n) is 6.79.